The van der Waals surface area contributed by atoms with E-state index in [2.05, 4.69) is 15.5 Å². The quantitative estimate of drug-likeness (QED) is 0.711. The minimum Gasteiger partial charge on any atom is -0.479 e. The molecule has 0 fully saturated rings. The molecule has 1 amide bonds. The average molecular weight is 272 g/mol. The molecule has 102 valence electrons. The highest BCUT2D eigenvalue weighted by Crippen LogP contribution is 2.34. The number of carbonyl (C=O) groups excluding carboxylic acids is 2. The van der Waals surface area contributed by atoms with Gasteiger partial charge in [0.1, 0.15) is 5.75 Å². The van der Waals surface area contributed by atoms with Gasteiger partial charge in [0.2, 0.25) is 0 Å². The van der Waals surface area contributed by atoms with E-state index < -0.39 is 6.10 Å². The van der Waals surface area contributed by atoms with Crippen molar-refractivity contribution in [3.63, 3.8) is 0 Å². The average Bonchev–Trinajstić information content (AvgIpc) is 2.80. The number of H-pyrrole nitrogens is 1. The molecular formula is C13H12N4O3. The van der Waals surface area contributed by atoms with Crippen LogP contribution < -0.4 is 15.8 Å². The van der Waals surface area contributed by atoms with Crippen LogP contribution in [0.15, 0.2) is 18.2 Å². The molecule has 0 aliphatic carbocycles. The number of amides is 1. The fourth-order valence-corrected chi connectivity index (χ4v) is 2.07. The third kappa shape index (κ3) is 1.80. The molecule has 3 rings (SSSR count). The number of anilines is 2. The van der Waals surface area contributed by atoms with Gasteiger partial charge in [-0.3, -0.25) is 14.7 Å². The number of fused-ring (bicyclic) bond motifs is 1. The summed E-state index contributed by atoms with van der Waals surface area (Å²) >= 11 is 0. The molecule has 4 N–H and O–H groups in total. The maximum Gasteiger partial charge on any atom is 0.265 e. The molecule has 0 saturated heterocycles. The number of ether oxygens (including phenoxy) is 1. The fraction of sp³-hybridized carbons (Fsp3) is 0.154. The summed E-state index contributed by atoms with van der Waals surface area (Å²) in [5.41, 5.74) is 7.64. The first-order valence-electron chi connectivity index (χ1n) is 6.01. The van der Waals surface area contributed by atoms with E-state index in [9.17, 15) is 9.59 Å². The molecule has 7 nitrogen and oxygen atoms in total. The number of aromatic amines is 1. The lowest BCUT2D eigenvalue weighted by Gasteiger charge is -2.23. The normalized spacial score (nSPS) is 17.1. The van der Waals surface area contributed by atoms with Crippen LogP contribution in [0, 0.1) is 0 Å². The first kappa shape index (κ1) is 12.2. The van der Waals surface area contributed by atoms with Gasteiger partial charge in [-0.2, -0.15) is 5.10 Å². The number of nitrogen functional groups attached to an aromatic ring is 1. The third-order valence-corrected chi connectivity index (χ3v) is 3.15. The minimum atomic E-state index is -0.526. The summed E-state index contributed by atoms with van der Waals surface area (Å²) in [6.45, 7) is 1.67. The summed E-state index contributed by atoms with van der Waals surface area (Å²) in [5, 5.41) is 9.26. The second kappa shape index (κ2) is 4.37. The molecule has 1 unspecified atom stereocenters. The number of rotatable bonds is 2. The lowest BCUT2D eigenvalue weighted by atomic mass is 10.1. The van der Waals surface area contributed by atoms with Crippen molar-refractivity contribution < 1.29 is 14.3 Å². The van der Waals surface area contributed by atoms with Gasteiger partial charge < -0.3 is 15.8 Å². The van der Waals surface area contributed by atoms with Crippen molar-refractivity contribution in [1.29, 1.82) is 0 Å². The molecule has 2 heterocycles. The summed E-state index contributed by atoms with van der Waals surface area (Å²) in [7, 11) is 0. The van der Waals surface area contributed by atoms with Crippen LogP contribution in [0.4, 0.5) is 11.5 Å². The molecule has 0 spiro atoms. The van der Waals surface area contributed by atoms with Gasteiger partial charge in [0, 0.05) is 5.56 Å². The van der Waals surface area contributed by atoms with Crippen LogP contribution in [0.1, 0.15) is 17.3 Å². The summed E-state index contributed by atoms with van der Waals surface area (Å²) in [5.74, 6) is 0.511. The Morgan fingerprint density at radius 2 is 2.25 bits per heavy atom. The van der Waals surface area contributed by atoms with E-state index in [1.165, 1.54) is 0 Å². The number of carbonyl (C=O) groups is 2. The van der Waals surface area contributed by atoms with Gasteiger partial charge in [0.25, 0.3) is 5.91 Å². The zero-order chi connectivity index (χ0) is 14.3. The number of nitrogens with one attached hydrogen (secondary N) is 2. The molecular weight excluding hydrogens is 260 g/mol. The van der Waals surface area contributed by atoms with E-state index >= 15 is 0 Å². The van der Waals surface area contributed by atoms with Gasteiger partial charge >= 0.3 is 0 Å². The Labute approximate surface area is 114 Å². The molecule has 20 heavy (non-hydrogen) atoms. The van der Waals surface area contributed by atoms with E-state index in [4.69, 9.17) is 10.5 Å². The zero-order valence-corrected chi connectivity index (χ0v) is 10.6. The van der Waals surface area contributed by atoms with Crippen LogP contribution in [0.5, 0.6) is 5.75 Å². The summed E-state index contributed by atoms with van der Waals surface area (Å²) in [6.07, 6.45) is 0.117. The largest absolute Gasteiger partial charge is 0.479 e. The molecule has 2 aromatic rings. The number of benzene rings is 1. The van der Waals surface area contributed by atoms with Gasteiger partial charge in [0.05, 0.1) is 16.9 Å². The Balaban J connectivity index is 2.07. The Bertz CT molecular complexity index is 708. The molecule has 7 heteroatoms. The molecule has 0 bridgehead atoms. The van der Waals surface area contributed by atoms with Gasteiger partial charge in [0.15, 0.2) is 18.2 Å². The number of nitrogens with two attached hydrogens (primary N) is 1. The van der Waals surface area contributed by atoms with Crippen molar-refractivity contribution in [2.45, 2.75) is 13.0 Å². The first-order valence-corrected chi connectivity index (χ1v) is 6.01. The first-order chi connectivity index (χ1) is 9.60. The van der Waals surface area contributed by atoms with E-state index in [1.807, 2.05) is 0 Å². The van der Waals surface area contributed by atoms with Crippen molar-refractivity contribution in [3.8, 4) is 17.0 Å². The van der Waals surface area contributed by atoms with Gasteiger partial charge in [-0.15, -0.1) is 0 Å². The summed E-state index contributed by atoms with van der Waals surface area (Å²) < 4.78 is 5.46. The molecule has 1 aromatic carbocycles. The Kier molecular flexibility index (Phi) is 2.67. The maximum atomic E-state index is 11.6. The van der Waals surface area contributed by atoms with Crippen molar-refractivity contribution in [2.24, 2.45) is 0 Å². The highest BCUT2D eigenvalue weighted by molar-refractivity contribution is 5.99. The second-order valence-corrected chi connectivity index (χ2v) is 4.48. The Morgan fingerprint density at radius 1 is 1.45 bits per heavy atom. The van der Waals surface area contributed by atoms with Crippen LogP contribution in [0.25, 0.3) is 11.3 Å². The molecule has 0 radical (unpaired) electrons. The van der Waals surface area contributed by atoms with Crippen LogP contribution in [0.3, 0.4) is 0 Å². The maximum absolute atomic E-state index is 11.6. The topological polar surface area (TPSA) is 110 Å². The van der Waals surface area contributed by atoms with Crippen LogP contribution >= 0.6 is 0 Å². The number of hydrogen-bond acceptors (Lipinski definition) is 5. The minimum absolute atomic E-state index is 0.140. The predicted octanol–water partition coefficient (Wildman–Crippen LogP) is 1.19. The van der Waals surface area contributed by atoms with Crippen LogP contribution in [-0.4, -0.2) is 28.5 Å². The van der Waals surface area contributed by atoms with E-state index in [-0.39, 0.29) is 11.7 Å². The number of hydrogen-bond donors (Lipinski definition) is 3. The lowest BCUT2D eigenvalue weighted by molar-refractivity contribution is -0.122. The SMILES string of the molecule is CC1Oc2ccc(-c3[nH]nc(N)c3C=O)cc2NC1=O. The number of aromatic nitrogens is 2. The van der Waals surface area contributed by atoms with Gasteiger partial charge in [-0.1, -0.05) is 0 Å². The number of aldehydes is 1. The van der Waals surface area contributed by atoms with Crippen molar-refractivity contribution in [1.82, 2.24) is 10.2 Å². The van der Waals surface area contributed by atoms with Gasteiger partial charge in [-0.25, -0.2) is 0 Å². The third-order valence-electron chi connectivity index (χ3n) is 3.15. The van der Waals surface area contributed by atoms with Crippen LogP contribution in [0.2, 0.25) is 0 Å². The summed E-state index contributed by atoms with van der Waals surface area (Å²) in [6, 6.07) is 5.20. The van der Waals surface area contributed by atoms with Gasteiger partial charge in [-0.05, 0) is 25.1 Å². The Hall–Kier alpha value is -2.83. The zero-order valence-electron chi connectivity index (χ0n) is 10.6. The molecule has 1 aliphatic rings. The molecule has 0 saturated carbocycles. The predicted molar refractivity (Wildman–Crippen MR) is 72.5 cm³/mol. The smallest absolute Gasteiger partial charge is 0.265 e. The number of nitrogens with zero attached hydrogens (tertiary/aromatic N) is 1. The second-order valence-electron chi connectivity index (χ2n) is 4.48. The van der Waals surface area contributed by atoms with Crippen molar-refractivity contribution in [2.75, 3.05) is 11.1 Å². The lowest BCUT2D eigenvalue weighted by Crippen LogP contribution is -2.34. The van der Waals surface area contributed by atoms with Crippen molar-refractivity contribution in [3.05, 3.63) is 23.8 Å². The highest BCUT2D eigenvalue weighted by atomic mass is 16.5. The summed E-state index contributed by atoms with van der Waals surface area (Å²) in [4.78, 5) is 22.6. The monoisotopic (exact) mass is 272 g/mol. The highest BCUT2D eigenvalue weighted by Gasteiger charge is 2.24. The fourth-order valence-electron chi connectivity index (χ4n) is 2.07. The Morgan fingerprint density at radius 3 is 3.00 bits per heavy atom. The van der Waals surface area contributed by atoms with E-state index in [1.54, 1.807) is 25.1 Å². The van der Waals surface area contributed by atoms with Crippen LogP contribution in [-0.2, 0) is 4.79 Å². The van der Waals surface area contributed by atoms with E-state index in [0.717, 1.165) is 0 Å². The molecule has 1 aliphatic heterocycles. The van der Waals surface area contributed by atoms with E-state index in [0.29, 0.717) is 34.5 Å². The molecule has 1 atom stereocenters. The molecule has 1 aromatic heterocycles. The standard InChI is InChI=1S/C13H12N4O3/c1-6-13(19)15-9-4-7(2-3-10(9)20-6)11-8(5-18)12(14)17-16-11/h2-6H,1H3,(H,15,19)(H3,14,16,17). The van der Waals surface area contributed by atoms with Crippen molar-refractivity contribution >= 4 is 23.7 Å².